The van der Waals surface area contributed by atoms with Crippen molar-refractivity contribution in [1.82, 2.24) is 4.72 Å². The first-order chi connectivity index (χ1) is 9.48. The Morgan fingerprint density at radius 1 is 1.45 bits per heavy atom. The van der Waals surface area contributed by atoms with Gasteiger partial charge in [0.15, 0.2) is 0 Å². The van der Waals surface area contributed by atoms with Crippen LogP contribution in [0.2, 0.25) is 0 Å². The van der Waals surface area contributed by atoms with Gasteiger partial charge in [0, 0.05) is 13.7 Å². The molecule has 0 aliphatic rings. The molecule has 6 nitrogen and oxygen atoms in total. The largest absolute Gasteiger partial charge is 0.383 e. The number of ether oxygens (including phenoxy) is 1. The monoisotopic (exact) mass is 301 g/mol. The van der Waals surface area contributed by atoms with Gasteiger partial charge in [-0.15, -0.1) is 0 Å². The van der Waals surface area contributed by atoms with Crippen molar-refractivity contribution in [2.24, 2.45) is 5.73 Å². The molecule has 4 N–H and O–H groups in total. The highest BCUT2D eigenvalue weighted by Crippen LogP contribution is 2.14. The molecule has 0 heterocycles. The summed E-state index contributed by atoms with van der Waals surface area (Å²) in [7, 11) is -2.30. The Morgan fingerprint density at radius 2 is 2.20 bits per heavy atom. The minimum Gasteiger partial charge on any atom is -0.383 e. The van der Waals surface area contributed by atoms with Gasteiger partial charge in [-0.2, -0.15) is 13.1 Å². The van der Waals surface area contributed by atoms with Gasteiger partial charge in [-0.3, -0.25) is 4.72 Å². The molecule has 1 aromatic carbocycles. The number of methoxy groups -OCH3 is 1. The Labute approximate surface area is 117 Å². The molecule has 0 amide bonds. The van der Waals surface area contributed by atoms with Crippen LogP contribution in [0.15, 0.2) is 18.2 Å². The van der Waals surface area contributed by atoms with E-state index >= 15 is 0 Å². The molecular weight excluding hydrogens is 285 g/mol. The lowest BCUT2D eigenvalue weighted by atomic mass is 10.2. The predicted molar refractivity (Wildman–Crippen MR) is 74.8 cm³/mol. The summed E-state index contributed by atoms with van der Waals surface area (Å²) in [5.41, 5.74) is 5.45. The highest BCUT2D eigenvalue weighted by atomic mass is 32.2. The van der Waals surface area contributed by atoms with E-state index in [9.17, 15) is 12.8 Å². The van der Waals surface area contributed by atoms with Gasteiger partial charge in [-0.1, -0.05) is 11.8 Å². The Kier molecular flexibility index (Phi) is 6.41. The number of halogens is 1. The highest BCUT2D eigenvalue weighted by molar-refractivity contribution is 7.90. The topological polar surface area (TPSA) is 93.4 Å². The van der Waals surface area contributed by atoms with E-state index < -0.39 is 16.0 Å². The van der Waals surface area contributed by atoms with Gasteiger partial charge in [0.05, 0.1) is 24.4 Å². The van der Waals surface area contributed by atoms with E-state index in [-0.39, 0.29) is 30.9 Å². The van der Waals surface area contributed by atoms with Crippen LogP contribution in [0.5, 0.6) is 0 Å². The van der Waals surface area contributed by atoms with Crippen LogP contribution in [0.1, 0.15) is 5.56 Å². The van der Waals surface area contributed by atoms with Crippen LogP contribution in [-0.4, -0.2) is 35.2 Å². The maximum absolute atomic E-state index is 13.6. The molecule has 0 aliphatic carbocycles. The molecule has 110 valence electrons. The van der Waals surface area contributed by atoms with Crippen molar-refractivity contribution < 1.29 is 17.5 Å². The van der Waals surface area contributed by atoms with Crippen molar-refractivity contribution in [2.75, 3.05) is 31.5 Å². The lowest BCUT2D eigenvalue weighted by Crippen LogP contribution is -2.32. The molecular formula is C12H16FN3O3S. The second-order valence-electron chi connectivity index (χ2n) is 3.69. The van der Waals surface area contributed by atoms with Crippen molar-refractivity contribution in [3.8, 4) is 11.8 Å². The highest BCUT2D eigenvalue weighted by Gasteiger charge is 2.10. The summed E-state index contributed by atoms with van der Waals surface area (Å²) in [6, 6.07) is 3.85. The molecule has 0 unspecified atom stereocenters. The molecule has 0 fully saturated rings. The summed E-state index contributed by atoms with van der Waals surface area (Å²) >= 11 is 0. The summed E-state index contributed by atoms with van der Waals surface area (Å²) in [6.07, 6.45) is 0. The lowest BCUT2D eigenvalue weighted by Gasteiger charge is -2.09. The number of benzene rings is 1. The van der Waals surface area contributed by atoms with Crippen molar-refractivity contribution in [2.45, 2.75) is 0 Å². The molecule has 0 atom stereocenters. The van der Waals surface area contributed by atoms with Crippen LogP contribution in [0.25, 0.3) is 0 Å². The second-order valence-corrected chi connectivity index (χ2v) is 5.19. The van der Waals surface area contributed by atoms with E-state index in [4.69, 9.17) is 10.5 Å². The maximum atomic E-state index is 13.6. The van der Waals surface area contributed by atoms with Crippen LogP contribution in [0.3, 0.4) is 0 Å². The number of rotatable bonds is 6. The van der Waals surface area contributed by atoms with Gasteiger partial charge in [0.25, 0.3) is 10.2 Å². The van der Waals surface area contributed by atoms with Gasteiger partial charge in [0.1, 0.15) is 5.82 Å². The third-order valence-corrected chi connectivity index (χ3v) is 3.23. The van der Waals surface area contributed by atoms with E-state index in [1.807, 2.05) is 0 Å². The summed E-state index contributed by atoms with van der Waals surface area (Å²) < 4.78 is 46.0. The SMILES string of the molecule is COCCNS(=O)(=O)Nc1ccc(C#CCN)c(F)c1. The lowest BCUT2D eigenvalue weighted by molar-refractivity contribution is 0.204. The molecule has 1 rings (SSSR count). The first kappa shape index (κ1) is 16.4. The summed E-state index contributed by atoms with van der Waals surface area (Å²) in [5, 5.41) is 0. The van der Waals surface area contributed by atoms with Gasteiger partial charge in [0.2, 0.25) is 0 Å². The molecule has 20 heavy (non-hydrogen) atoms. The Balaban J connectivity index is 2.76. The molecule has 0 bridgehead atoms. The molecule has 0 saturated heterocycles. The molecule has 0 radical (unpaired) electrons. The predicted octanol–water partition coefficient (Wildman–Crippen LogP) is 0.0286. The molecule has 1 aromatic rings. The standard InChI is InChI=1S/C12H16FN3O3S/c1-19-8-7-15-20(17,18)16-11-5-4-10(3-2-6-14)12(13)9-11/h4-5,9,15-16H,6-8,14H2,1H3. The maximum Gasteiger partial charge on any atom is 0.299 e. The summed E-state index contributed by atoms with van der Waals surface area (Å²) in [4.78, 5) is 0. The minimum atomic E-state index is -3.76. The zero-order valence-electron chi connectivity index (χ0n) is 10.9. The van der Waals surface area contributed by atoms with Gasteiger partial charge in [-0.05, 0) is 18.2 Å². The van der Waals surface area contributed by atoms with Crippen LogP contribution in [0, 0.1) is 17.7 Å². The van der Waals surface area contributed by atoms with Crippen LogP contribution >= 0.6 is 0 Å². The average molecular weight is 301 g/mol. The van der Waals surface area contributed by atoms with Crippen LogP contribution in [-0.2, 0) is 14.9 Å². The van der Waals surface area contributed by atoms with Crippen molar-refractivity contribution in [3.63, 3.8) is 0 Å². The van der Waals surface area contributed by atoms with E-state index in [1.165, 1.54) is 19.2 Å². The van der Waals surface area contributed by atoms with Gasteiger partial charge in [-0.25, -0.2) is 4.39 Å². The Hall–Kier alpha value is -1.66. The Morgan fingerprint density at radius 3 is 2.80 bits per heavy atom. The number of hydrogen-bond acceptors (Lipinski definition) is 4. The molecule has 0 aliphatic heterocycles. The van der Waals surface area contributed by atoms with E-state index in [1.54, 1.807) is 0 Å². The Bertz CT molecular complexity index is 608. The van der Waals surface area contributed by atoms with E-state index in [0.717, 1.165) is 6.07 Å². The summed E-state index contributed by atoms with van der Waals surface area (Å²) in [5.74, 6) is 4.44. The number of hydrogen-bond donors (Lipinski definition) is 3. The van der Waals surface area contributed by atoms with E-state index in [0.29, 0.717) is 0 Å². The van der Waals surface area contributed by atoms with Gasteiger partial charge >= 0.3 is 0 Å². The van der Waals surface area contributed by atoms with Crippen LogP contribution < -0.4 is 15.2 Å². The quantitative estimate of drug-likeness (QED) is 0.510. The fourth-order valence-electron chi connectivity index (χ4n) is 1.30. The third kappa shape index (κ3) is 5.54. The normalized spacial score (nSPS) is 10.8. The molecule has 0 spiro atoms. The molecule has 0 aromatic heterocycles. The molecule has 8 heteroatoms. The number of nitrogens with one attached hydrogen (secondary N) is 2. The third-order valence-electron chi connectivity index (χ3n) is 2.14. The van der Waals surface area contributed by atoms with Crippen LogP contribution in [0.4, 0.5) is 10.1 Å². The fraction of sp³-hybridized carbons (Fsp3) is 0.333. The van der Waals surface area contributed by atoms with Crippen molar-refractivity contribution in [3.05, 3.63) is 29.6 Å². The first-order valence-corrected chi connectivity index (χ1v) is 7.21. The van der Waals surface area contributed by atoms with E-state index in [2.05, 4.69) is 21.3 Å². The zero-order valence-corrected chi connectivity index (χ0v) is 11.8. The summed E-state index contributed by atoms with van der Waals surface area (Å²) in [6.45, 7) is 0.481. The minimum absolute atomic E-state index is 0.103. The fourth-order valence-corrected chi connectivity index (χ4v) is 2.16. The van der Waals surface area contributed by atoms with Crippen molar-refractivity contribution >= 4 is 15.9 Å². The zero-order chi connectivity index (χ0) is 15.0. The smallest absolute Gasteiger partial charge is 0.299 e. The number of nitrogens with two attached hydrogens (primary N) is 1. The second kappa shape index (κ2) is 7.81. The van der Waals surface area contributed by atoms with Gasteiger partial charge < -0.3 is 10.5 Å². The molecule has 0 saturated carbocycles. The average Bonchev–Trinajstić information content (AvgIpc) is 2.37. The first-order valence-electron chi connectivity index (χ1n) is 5.73. The number of anilines is 1. The van der Waals surface area contributed by atoms with Crippen molar-refractivity contribution in [1.29, 1.82) is 0 Å².